The Morgan fingerprint density at radius 2 is 1.72 bits per heavy atom. The molecular weight excluding hydrogens is 338 g/mol. The SMILES string of the molecule is CCCCN(CCCC)C(=O)c1cc(S(=O)(=O)N2CCCCC2)c[nH]1. The van der Waals surface area contributed by atoms with Crippen molar-refractivity contribution in [2.75, 3.05) is 26.2 Å². The van der Waals surface area contributed by atoms with E-state index in [0.717, 1.165) is 44.9 Å². The number of hydrogen-bond donors (Lipinski definition) is 1. The Morgan fingerprint density at radius 1 is 1.12 bits per heavy atom. The summed E-state index contributed by atoms with van der Waals surface area (Å²) in [4.78, 5) is 17.7. The van der Waals surface area contributed by atoms with Crippen LogP contribution >= 0.6 is 0 Å². The smallest absolute Gasteiger partial charge is 0.270 e. The first-order chi connectivity index (χ1) is 12.0. The zero-order chi connectivity index (χ0) is 18.3. The van der Waals surface area contributed by atoms with Gasteiger partial charge in [-0.3, -0.25) is 4.79 Å². The van der Waals surface area contributed by atoms with Gasteiger partial charge in [0.05, 0.1) is 0 Å². The monoisotopic (exact) mass is 369 g/mol. The van der Waals surface area contributed by atoms with Crippen LogP contribution in [0.15, 0.2) is 17.2 Å². The summed E-state index contributed by atoms with van der Waals surface area (Å²) in [7, 11) is -3.50. The van der Waals surface area contributed by atoms with E-state index in [1.807, 2.05) is 4.90 Å². The molecule has 1 saturated heterocycles. The third kappa shape index (κ3) is 5.07. The molecule has 0 saturated carbocycles. The molecule has 0 aliphatic carbocycles. The van der Waals surface area contributed by atoms with E-state index in [4.69, 9.17) is 0 Å². The average Bonchev–Trinajstić information content (AvgIpc) is 3.13. The molecule has 6 nitrogen and oxygen atoms in total. The van der Waals surface area contributed by atoms with Gasteiger partial charge < -0.3 is 9.88 Å². The molecule has 1 amide bonds. The summed E-state index contributed by atoms with van der Waals surface area (Å²) in [5, 5.41) is 0. The first-order valence-electron chi connectivity index (χ1n) is 9.48. The summed E-state index contributed by atoms with van der Waals surface area (Å²) in [6.45, 7) is 6.75. The number of nitrogens with zero attached hydrogens (tertiary/aromatic N) is 2. The Kier molecular flexibility index (Phi) is 7.50. The van der Waals surface area contributed by atoms with Crippen molar-refractivity contribution >= 4 is 15.9 Å². The van der Waals surface area contributed by atoms with Crippen molar-refractivity contribution < 1.29 is 13.2 Å². The third-order valence-electron chi connectivity index (χ3n) is 4.69. The van der Waals surface area contributed by atoms with Crippen molar-refractivity contribution in [3.63, 3.8) is 0 Å². The van der Waals surface area contributed by atoms with Crippen molar-refractivity contribution in [3.8, 4) is 0 Å². The second-order valence-electron chi connectivity index (χ2n) is 6.71. The Hall–Kier alpha value is -1.34. The number of carbonyl (C=O) groups excluding carboxylic acids is 1. The predicted octanol–water partition coefficient (Wildman–Crippen LogP) is 3.23. The van der Waals surface area contributed by atoms with Crippen LogP contribution in [-0.4, -0.2) is 54.7 Å². The van der Waals surface area contributed by atoms with E-state index < -0.39 is 10.0 Å². The maximum atomic E-state index is 12.8. The fourth-order valence-electron chi connectivity index (χ4n) is 3.08. The van der Waals surface area contributed by atoms with E-state index in [0.29, 0.717) is 31.9 Å². The minimum absolute atomic E-state index is 0.109. The fourth-order valence-corrected chi connectivity index (χ4v) is 4.60. The molecule has 2 rings (SSSR count). The maximum Gasteiger partial charge on any atom is 0.270 e. The summed E-state index contributed by atoms with van der Waals surface area (Å²) in [6.07, 6.45) is 8.28. The van der Waals surface area contributed by atoms with Crippen molar-refractivity contribution in [1.29, 1.82) is 0 Å². The number of amides is 1. The van der Waals surface area contributed by atoms with Gasteiger partial charge in [0.25, 0.3) is 5.91 Å². The molecule has 142 valence electrons. The van der Waals surface area contributed by atoms with Gasteiger partial charge in [-0.1, -0.05) is 33.1 Å². The largest absolute Gasteiger partial charge is 0.356 e. The maximum absolute atomic E-state index is 12.8. The van der Waals surface area contributed by atoms with Crippen molar-refractivity contribution in [3.05, 3.63) is 18.0 Å². The quantitative estimate of drug-likeness (QED) is 0.726. The predicted molar refractivity (Wildman–Crippen MR) is 99.1 cm³/mol. The molecule has 0 atom stereocenters. The second-order valence-corrected chi connectivity index (χ2v) is 8.65. The van der Waals surface area contributed by atoms with Crippen LogP contribution in [0.5, 0.6) is 0 Å². The van der Waals surface area contributed by atoms with E-state index in [9.17, 15) is 13.2 Å². The van der Waals surface area contributed by atoms with Gasteiger partial charge in [-0.05, 0) is 31.7 Å². The minimum atomic E-state index is -3.50. The van der Waals surface area contributed by atoms with Crippen molar-refractivity contribution in [2.24, 2.45) is 0 Å². The Morgan fingerprint density at radius 3 is 2.28 bits per heavy atom. The number of aromatic nitrogens is 1. The van der Waals surface area contributed by atoms with Crippen LogP contribution < -0.4 is 0 Å². The van der Waals surface area contributed by atoms with Crippen LogP contribution in [-0.2, 0) is 10.0 Å². The number of H-pyrrole nitrogens is 1. The molecule has 1 aliphatic heterocycles. The molecule has 2 heterocycles. The molecule has 1 aromatic rings. The zero-order valence-corrected chi connectivity index (χ0v) is 16.3. The van der Waals surface area contributed by atoms with E-state index >= 15 is 0 Å². The zero-order valence-electron chi connectivity index (χ0n) is 15.5. The highest BCUT2D eigenvalue weighted by Crippen LogP contribution is 2.21. The van der Waals surface area contributed by atoms with E-state index in [1.165, 1.54) is 16.6 Å². The Labute approximate surface area is 151 Å². The molecule has 0 bridgehead atoms. The molecule has 25 heavy (non-hydrogen) atoms. The number of sulfonamides is 1. The Balaban J connectivity index is 2.13. The summed E-state index contributed by atoms with van der Waals surface area (Å²) in [5.41, 5.74) is 0.364. The molecule has 1 aliphatic rings. The van der Waals surface area contributed by atoms with Gasteiger partial charge in [-0.25, -0.2) is 8.42 Å². The molecular formula is C18H31N3O3S. The molecule has 0 unspecified atom stereocenters. The molecule has 7 heteroatoms. The summed E-state index contributed by atoms with van der Waals surface area (Å²) >= 11 is 0. The van der Waals surface area contributed by atoms with Gasteiger partial charge in [-0.2, -0.15) is 4.31 Å². The number of aromatic amines is 1. The van der Waals surface area contributed by atoms with Crippen molar-refractivity contribution in [1.82, 2.24) is 14.2 Å². The minimum Gasteiger partial charge on any atom is -0.356 e. The first kappa shape index (κ1) is 20.0. The summed E-state index contributed by atoms with van der Waals surface area (Å²) in [6, 6.07) is 1.50. The standard InChI is InChI=1S/C18H31N3O3S/c1-3-5-10-20(11-6-4-2)18(22)17-14-16(15-19-17)25(23,24)21-12-8-7-9-13-21/h14-15,19H,3-13H2,1-2H3. The highest BCUT2D eigenvalue weighted by atomic mass is 32.2. The van der Waals surface area contributed by atoms with Crippen LogP contribution in [0.1, 0.15) is 69.3 Å². The number of carbonyl (C=O) groups is 1. The van der Waals surface area contributed by atoms with Gasteiger partial charge in [0.1, 0.15) is 10.6 Å². The third-order valence-corrected chi connectivity index (χ3v) is 6.57. The van der Waals surface area contributed by atoms with Gasteiger partial charge in [0, 0.05) is 32.4 Å². The van der Waals surface area contributed by atoms with Crippen LogP contribution in [0.2, 0.25) is 0 Å². The highest BCUT2D eigenvalue weighted by molar-refractivity contribution is 7.89. The normalized spacial score (nSPS) is 16.1. The number of piperidine rings is 1. The molecule has 1 N–H and O–H groups in total. The van der Waals surface area contributed by atoms with Crippen LogP contribution in [0.25, 0.3) is 0 Å². The van der Waals surface area contributed by atoms with Crippen molar-refractivity contribution in [2.45, 2.75) is 63.7 Å². The lowest BCUT2D eigenvalue weighted by atomic mass is 10.2. The lowest BCUT2D eigenvalue weighted by Gasteiger charge is -2.25. The van der Waals surface area contributed by atoms with E-state index in [-0.39, 0.29) is 10.8 Å². The summed E-state index contributed by atoms with van der Waals surface area (Å²) < 4.78 is 27.0. The topological polar surface area (TPSA) is 73.5 Å². The molecule has 0 aromatic carbocycles. The molecule has 1 fully saturated rings. The number of unbranched alkanes of at least 4 members (excludes halogenated alkanes) is 2. The van der Waals surface area contributed by atoms with Gasteiger partial charge in [-0.15, -0.1) is 0 Å². The number of hydrogen-bond acceptors (Lipinski definition) is 3. The lowest BCUT2D eigenvalue weighted by molar-refractivity contribution is 0.0746. The van der Waals surface area contributed by atoms with E-state index in [1.54, 1.807) is 0 Å². The second kappa shape index (κ2) is 9.38. The summed E-state index contributed by atoms with van der Waals surface area (Å²) in [5.74, 6) is -0.109. The highest BCUT2D eigenvalue weighted by Gasteiger charge is 2.28. The van der Waals surface area contributed by atoms with Gasteiger partial charge >= 0.3 is 0 Å². The fraction of sp³-hybridized carbons (Fsp3) is 0.722. The van der Waals surface area contributed by atoms with Gasteiger partial charge in [0.2, 0.25) is 10.0 Å². The van der Waals surface area contributed by atoms with Gasteiger partial charge in [0.15, 0.2) is 0 Å². The molecule has 0 radical (unpaired) electrons. The lowest BCUT2D eigenvalue weighted by Crippen LogP contribution is -2.35. The molecule has 1 aromatic heterocycles. The molecule has 0 spiro atoms. The first-order valence-corrected chi connectivity index (χ1v) is 10.9. The number of nitrogens with one attached hydrogen (secondary N) is 1. The number of rotatable bonds is 9. The Bertz CT molecular complexity index is 640. The van der Waals surface area contributed by atoms with E-state index in [2.05, 4.69) is 18.8 Å². The van der Waals surface area contributed by atoms with Crippen LogP contribution in [0, 0.1) is 0 Å². The van der Waals surface area contributed by atoms with Crippen LogP contribution in [0.4, 0.5) is 0 Å². The van der Waals surface area contributed by atoms with Crippen LogP contribution in [0.3, 0.4) is 0 Å². The average molecular weight is 370 g/mol.